The van der Waals surface area contributed by atoms with Gasteiger partial charge in [0.2, 0.25) is 0 Å². The van der Waals surface area contributed by atoms with Gasteiger partial charge in [-0.3, -0.25) is 9.59 Å². The molecule has 0 aliphatic carbocycles. The summed E-state index contributed by atoms with van der Waals surface area (Å²) in [4.78, 5) is 23.6. The largest absolute Gasteiger partial charge is 0.307 e. The predicted octanol–water partition coefficient (Wildman–Crippen LogP) is 2.77. The van der Waals surface area contributed by atoms with Gasteiger partial charge in [-0.15, -0.1) is 0 Å². The Hall–Kier alpha value is -1.82. The van der Waals surface area contributed by atoms with Crippen LogP contribution < -0.4 is 5.56 Å². The third-order valence-electron chi connectivity index (χ3n) is 2.53. The van der Waals surface area contributed by atoms with Crippen LogP contribution in [0.1, 0.15) is 10.4 Å². The molecule has 1 aromatic carbocycles. The van der Waals surface area contributed by atoms with E-state index in [1.54, 1.807) is 12.1 Å². The fourth-order valence-electron chi connectivity index (χ4n) is 1.55. The first-order chi connectivity index (χ1) is 8.99. The highest BCUT2D eigenvalue weighted by Crippen LogP contribution is 2.10. The maximum Gasteiger partial charge on any atom is 0.265 e. The summed E-state index contributed by atoms with van der Waals surface area (Å²) in [6, 6.07) is 6.04. The third-order valence-corrected chi connectivity index (χ3v) is 3.13. The number of nitrogens with zero attached hydrogens (tertiary/aromatic N) is 1. The highest BCUT2D eigenvalue weighted by molar-refractivity contribution is 9.10. The number of hydrogen-bond donors (Lipinski definition) is 0. The Morgan fingerprint density at radius 3 is 2.63 bits per heavy atom. The number of halogens is 3. The number of carbonyl (C=O) groups excluding carboxylic acids is 1. The second-order valence-electron chi connectivity index (χ2n) is 3.84. The molecule has 0 spiro atoms. The van der Waals surface area contributed by atoms with Gasteiger partial charge in [-0.25, -0.2) is 8.78 Å². The van der Waals surface area contributed by atoms with E-state index in [2.05, 4.69) is 15.9 Å². The van der Waals surface area contributed by atoms with Gasteiger partial charge in [0.25, 0.3) is 5.56 Å². The molecule has 0 saturated carbocycles. The lowest BCUT2D eigenvalue weighted by Crippen LogP contribution is -2.24. The van der Waals surface area contributed by atoms with E-state index in [0.717, 1.165) is 12.1 Å². The van der Waals surface area contributed by atoms with E-state index < -0.39 is 17.4 Å². The molecular formula is C13H8BrF2NO2. The second kappa shape index (κ2) is 5.44. The van der Waals surface area contributed by atoms with Crippen LogP contribution in [-0.2, 0) is 6.54 Å². The zero-order valence-corrected chi connectivity index (χ0v) is 11.2. The van der Waals surface area contributed by atoms with Crippen molar-refractivity contribution < 1.29 is 13.6 Å². The van der Waals surface area contributed by atoms with Gasteiger partial charge >= 0.3 is 0 Å². The summed E-state index contributed by atoms with van der Waals surface area (Å²) in [7, 11) is 0. The quantitative estimate of drug-likeness (QED) is 0.813. The number of Topliss-reactive ketones (excluding diaryl/α,β-unsaturated/α-hetero) is 1. The molecule has 98 valence electrons. The van der Waals surface area contributed by atoms with E-state index in [0.29, 0.717) is 4.47 Å². The Morgan fingerprint density at radius 1 is 1.21 bits per heavy atom. The van der Waals surface area contributed by atoms with Crippen LogP contribution in [0, 0.1) is 11.6 Å². The zero-order valence-electron chi connectivity index (χ0n) is 9.57. The van der Waals surface area contributed by atoms with Gasteiger partial charge in [0.15, 0.2) is 17.4 Å². The molecule has 19 heavy (non-hydrogen) atoms. The van der Waals surface area contributed by atoms with Crippen LogP contribution >= 0.6 is 15.9 Å². The lowest BCUT2D eigenvalue weighted by atomic mass is 10.1. The first-order valence-corrected chi connectivity index (χ1v) is 6.11. The zero-order chi connectivity index (χ0) is 14.0. The van der Waals surface area contributed by atoms with Crippen molar-refractivity contribution >= 4 is 21.7 Å². The van der Waals surface area contributed by atoms with Crippen LogP contribution in [0.2, 0.25) is 0 Å². The Bertz CT molecular complexity index is 697. The number of rotatable bonds is 3. The maximum absolute atomic E-state index is 13.0. The molecule has 2 rings (SSSR count). The van der Waals surface area contributed by atoms with Gasteiger partial charge in [0.1, 0.15) is 0 Å². The number of ketones is 1. The van der Waals surface area contributed by atoms with Crippen molar-refractivity contribution in [3.05, 3.63) is 68.6 Å². The molecule has 0 aliphatic heterocycles. The molecule has 0 aliphatic rings. The normalized spacial score (nSPS) is 10.5. The van der Waals surface area contributed by atoms with Crippen LogP contribution in [0.3, 0.4) is 0 Å². The van der Waals surface area contributed by atoms with E-state index in [-0.39, 0.29) is 17.7 Å². The van der Waals surface area contributed by atoms with Crippen molar-refractivity contribution in [2.24, 2.45) is 0 Å². The van der Waals surface area contributed by atoms with E-state index in [1.165, 1.54) is 16.8 Å². The highest BCUT2D eigenvalue weighted by atomic mass is 79.9. The minimum atomic E-state index is -1.09. The summed E-state index contributed by atoms with van der Waals surface area (Å²) in [6.45, 7) is -0.233. The van der Waals surface area contributed by atoms with E-state index >= 15 is 0 Å². The molecule has 0 atom stereocenters. The average molecular weight is 328 g/mol. The SMILES string of the molecule is O=C(Cn1cccc(Br)c1=O)c1ccc(F)c(F)c1. The maximum atomic E-state index is 13.0. The van der Waals surface area contributed by atoms with Crippen LogP contribution in [0.25, 0.3) is 0 Å². The molecule has 6 heteroatoms. The van der Waals surface area contributed by atoms with E-state index in [4.69, 9.17) is 0 Å². The Morgan fingerprint density at radius 2 is 1.95 bits per heavy atom. The molecule has 0 radical (unpaired) electrons. The van der Waals surface area contributed by atoms with E-state index in [9.17, 15) is 18.4 Å². The van der Waals surface area contributed by atoms with Gasteiger partial charge in [-0.1, -0.05) is 0 Å². The first kappa shape index (κ1) is 13.6. The fourth-order valence-corrected chi connectivity index (χ4v) is 1.93. The number of pyridine rings is 1. The Labute approximate surface area is 115 Å². The fraction of sp³-hybridized carbons (Fsp3) is 0.0769. The Balaban J connectivity index is 2.28. The molecule has 0 bridgehead atoms. The smallest absolute Gasteiger partial charge is 0.265 e. The van der Waals surface area contributed by atoms with E-state index in [1.807, 2.05) is 0 Å². The molecule has 1 aromatic heterocycles. The van der Waals surface area contributed by atoms with Crippen LogP contribution in [0.5, 0.6) is 0 Å². The number of carbonyl (C=O) groups is 1. The molecule has 0 amide bonds. The summed E-state index contributed by atoms with van der Waals surface area (Å²) >= 11 is 3.06. The lowest BCUT2D eigenvalue weighted by molar-refractivity contribution is 0.0970. The third kappa shape index (κ3) is 2.96. The monoisotopic (exact) mass is 327 g/mol. The lowest BCUT2D eigenvalue weighted by Gasteiger charge is -2.05. The summed E-state index contributed by atoms with van der Waals surface area (Å²) in [5.41, 5.74) is -0.343. The molecule has 2 aromatic rings. The molecule has 3 nitrogen and oxygen atoms in total. The number of benzene rings is 1. The molecule has 0 saturated heterocycles. The van der Waals surface area contributed by atoms with Crippen LogP contribution in [0.4, 0.5) is 8.78 Å². The van der Waals surface area contributed by atoms with Crippen molar-refractivity contribution in [3.8, 4) is 0 Å². The van der Waals surface area contributed by atoms with Gasteiger partial charge < -0.3 is 4.57 Å². The Kier molecular flexibility index (Phi) is 3.90. The highest BCUT2D eigenvalue weighted by Gasteiger charge is 2.11. The summed E-state index contributed by atoms with van der Waals surface area (Å²) in [5.74, 6) is -2.58. The van der Waals surface area contributed by atoms with Crippen molar-refractivity contribution in [1.82, 2.24) is 4.57 Å². The average Bonchev–Trinajstić information content (AvgIpc) is 2.38. The standard InChI is InChI=1S/C13H8BrF2NO2/c14-9-2-1-5-17(13(9)19)7-12(18)8-3-4-10(15)11(16)6-8/h1-6H,7H2. The molecule has 1 heterocycles. The summed E-state index contributed by atoms with van der Waals surface area (Å²) in [5, 5.41) is 0. The van der Waals surface area contributed by atoms with Gasteiger partial charge in [-0.05, 0) is 46.3 Å². The number of hydrogen-bond acceptors (Lipinski definition) is 2. The minimum Gasteiger partial charge on any atom is -0.307 e. The molecule has 0 fully saturated rings. The van der Waals surface area contributed by atoms with Crippen molar-refractivity contribution in [1.29, 1.82) is 0 Å². The molecular weight excluding hydrogens is 320 g/mol. The van der Waals surface area contributed by atoms with Gasteiger partial charge in [0, 0.05) is 11.8 Å². The van der Waals surface area contributed by atoms with Crippen molar-refractivity contribution in [2.45, 2.75) is 6.54 Å². The predicted molar refractivity (Wildman–Crippen MR) is 69.1 cm³/mol. The second-order valence-corrected chi connectivity index (χ2v) is 4.70. The summed E-state index contributed by atoms with van der Waals surface area (Å²) in [6.07, 6.45) is 1.45. The molecule has 0 unspecified atom stereocenters. The first-order valence-electron chi connectivity index (χ1n) is 5.32. The van der Waals surface area contributed by atoms with Gasteiger partial charge in [-0.2, -0.15) is 0 Å². The summed E-state index contributed by atoms with van der Waals surface area (Å²) < 4.78 is 27.3. The van der Waals surface area contributed by atoms with Crippen molar-refractivity contribution in [2.75, 3.05) is 0 Å². The van der Waals surface area contributed by atoms with Gasteiger partial charge in [0.05, 0.1) is 11.0 Å². The van der Waals surface area contributed by atoms with Crippen LogP contribution in [0.15, 0.2) is 45.8 Å². The topological polar surface area (TPSA) is 39.1 Å². The minimum absolute atomic E-state index is 0.0192. The van der Waals surface area contributed by atoms with Crippen LogP contribution in [-0.4, -0.2) is 10.4 Å². The number of aromatic nitrogens is 1. The van der Waals surface area contributed by atoms with Crippen molar-refractivity contribution in [3.63, 3.8) is 0 Å². The molecule has 0 N–H and O–H groups in total.